The Kier molecular flexibility index (Phi) is 3.91. The lowest BCUT2D eigenvalue weighted by Crippen LogP contribution is -2.26. The molecule has 0 N–H and O–H groups in total. The Morgan fingerprint density at radius 2 is 2.00 bits per heavy atom. The molecule has 1 aromatic rings. The number of aryl methyl sites for hydroxylation is 1. The van der Waals surface area contributed by atoms with Crippen molar-refractivity contribution in [2.24, 2.45) is 11.8 Å². The molecule has 16 heavy (non-hydrogen) atoms. The van der Waals surface area contributed by atoms with Crippen molar-refractivity contribution in [3.05, 3.63) is 35.4 Å². The lowest BCUT2D eigenvalue weighted by molar-refractivity contribution is 0.287. The minimum atomic E-state index is 0.385. The van der Waals surface area contributed by atoms with Gasteiger partial charge in [0.05, 0.1) is 0 Å². The topological polar surface area (TPSA) is 0 Å². The molecule has 0 saturated heterocycles. The maximum absolute atomic E-state index is 6.45. The first-order chi connectivity index (χ1) is 7.66. The van der Waals surface area contributed by atoms with Gasteiger partial charge in [0.25, 0.3) is 0 Å². The number of hydrogen-bond donors (Lipinski definition) is 0. The lowest BCUT2D eigenvalue weighted by Gasteiger charge is -2.31. The third-order valence-electron chi connectivity index (χ3n) is 3.90. The fourth-order valence-corrected chi connectivity index (χ4v) is 3.11. The average Bonchev–Trinajstić information content (AvgIpc) is 2.27. The molecule has 1 aliphatic carbocycles. The van der Waals surface area contributed by atoms with Crippen LogP contribution in [0.15, 0.2) is 24.3 Å². The Balaban J connectivity index is 2.06. The number of rotatable bonds is 2. The van der Waals surface area contributed by atoms with Crippen molar-refractivity contribution in [3.8, 4) is 0 Å². The van der Waals surface area contributed by atoms with Crippen LogP contribution in [0, 0.1) is 18.8 Å². The van der Waals surface area contributed by atoms with E-state index >= 15 is 0 Å². The van der Waals surface area contributed by atoms with Crippen LogP contribution in [-0.2, 0) is 6.42 Å². The summed E-state index contributed by atoms with van der Waals surface area (Å²) in [5.74, 6) is 1.52. The van der Waals surface area contributed by atoms with Crippen molar-refractivity contribution in [3.63, 3.8) is 0 Å². The molecule has 88 valence electrons. The van der Waals surface area contributed by atoms with Crippen LogP contribution in [0.4, 0.5) is 0 Å². The summed E-state index contributed by atoms with van der Waals surface area (Å²) >= 11 is 6.45. The molecular formula is C15H21Cl. The molecule has 0 amide bonds. The van der Waals surface area contributed by atoms with Crippen molar-refractivity contribution in [2.45, 2.75) is 44.9 Å². The first-order valence-corrected chi connectivity index (χ1v) is 6.79. The molecule has 0 spiro atoms. The van der Waals surface area contributed by atoms with Gasteiger partial charge in [-0.2, -0.15) is 0 Å². The molecule has 0 aliphatic heterocycles. The van der Waals surface area contributed by atoms with Gasteiger partial charge in [-0.15, -0.1) is 11.6 Å². The van der Waals surface area contributed by atoms with E-state index < -0.39 is 0 Å². The molecule has 1 fully saturated rings. The highest BCUT2D eigenvalue weighted by molar-refractivity contribution is 6.20. The molecule has 1 aliphatic rings. The van der Waals surface area contributed by atoms with Gasteiger partial charge in [0.1, 0.15) is 0 Å². The third-order valence-corrected chi connectivity index (χ3v) is 4.47. The second-order valence-corrected chi connectivity index (χ2v) is 5.89. The van der Waals surface area contributed by atoms with Crippen LogP contribution >= 0.6 is 11.6 Å². The van der Waals surface area contributed by atoms with Crippen molar-refractivity contribution in [2.75, 3.05) is 0 Å². The molecule has 3 atom stereocenters. The number of benzene rings is 1. The van der Waals surface area contributed by atoms with E-state index in [2.05, 4.69) is 38.1 Å². The van der Waals surface area contributed by atoms with Crippen LogP contribution in [0.5, 0.6) is 0 Å². The molecule has 0 radical (unpaired) electrons. The molecular weight excluding hydrogens is 216 g/mol. The molecule has 0 heterocycles. The summed E-state index contributed by atoms with van der Waals surface area (Å²) in [6.45, 7) is 4.55. The fraction of sp³-hybridized carbons (Fsp3) is 0.600. The molecule has 1 aromatic carbocycles. The van der Waals surface area contributed by atoms with Gasteiger partial charge < -0.3 is 0 Å². The lowest BCUT2D eigenvalue weighted by atomic mass is 9.78. The van der Waals surface area contributed by atoms with E-state index in [1.807, 2.05) is 0 Å². The minimum Gasteiger partial charge on any atom is -0.123 e. The number of hydrogen-bond acceptors (Lipinski definition) is 0. The molecule has 1 heteroatoms. The first-order valence-electron chi connectivity index (χ1n) is 6.35. The van der Waals surface area contributed by atoms with Gasteiger partial charge >= 0.3 is 0 Å². The quantitative estimate of drug-likeness (QED) is 0.660. The predicted octanol–water partition coefficient (Wildman–Crippen LogP) is 4.58. The van der Waals surface area contributed by atoms with E-state index in [9.17, 15) is 0 Å². The van der Waals surface area contributed by atoms with Gasteiger partial charge in [0, 0.05) is 5.38 Å². The van der Waals surface area contributed by atoms with E-state index in [0.29, 0.717) is 11.3 Å². The SMILES string of the molecule is Cc1ccccc1CC1CC(C)CCC1Cl. The van der Waals surface area contributed by atoms with E-state index in [1.54, 1.807) is 0 Å². The highest BCUT2D eigenvalue weighted by atomic mass is 35.5. The van der Waals surface area contributed by atoms with Crippen molar-refractivity contribution < 1.29 is 0 Å². The summed E-state index contributed by atoms with van der Waals surface area (Å²) in [5, 5.41) is 0.385. The summed E-state index contributed by atoms with van der Waals surface area (Å²) < 4.78 is 0. The number of halogens is 1. The molecule has 0 nitrogen and oxygen atoms in total. The Morgan fingerprint density at radius 1 is 1.25 bits per heavy atom. The smallest absolute Gasteiger partial charge is 0.0367 e. The summed E-state index contributed by atoms with van der Waals surface area (Å²) in [7, 11) is 0. The zero-order chi connectivity index (χ0) is 11.5. The van der Waals surface area contributed by atoms with Crippen LogP contribution in [0.3, 0.4) is 0 Å². The van der Waals surface area contributed by atoms with Crippen molar-refractivity contribution in [1.29, 1.82) is 0 Å². The van der Waals surface area contributed by atoms with Gasteiger partial charge in [-0.1, -0.05) is 31.2 Å². The number of alkyl halides is 1. The highest BCUT2D eigenvalue weighted by Gasteiger charge is 2.27. The van der Waals surface area contributed by atoms with Crippen molar-refractivity contribution in [1.82, 2.24) is 0 Å². The van der Waals surface area contributed by atoms with Gasteiger partial charge in [-0.05, 0) is 55.6 Å². The van der Waals surface area contributed by atoms with Gasteiger partial charge in [-0.25, -0.2) is 0 Å². The molecule has 0 aromatic heterocycles. The standard InChI is InChI=1S/C15H21Cl/c1-11-7-8-15(16)14(9-11)10-13-6-4-3-5-12(13)2/h3-6,11,14-15H,7-10H2,1-2H3. The summed E-state index contributed by atoms with van der Waals surface area (Å²) in [5.41, 5.74) is 2.89. The third kappa shape index (κ3) is 2.79. The largest absolute Gasteiger partial charge is 0.123 e. The Hall–Kier alpha value is -0.490. The maximum atomic E-state index is 6.45. The fourth-order valence-electron chi connectivity index (χ4n) is 2.79. The van der Waals surface area contributed by atoms with E-state index in [1.165, 1.54) is 30.4 Å². The second kappa shape index (κ2) is 5.23. The van der Waals surface area contributed by atoms with Crippen LogP contribution in [0.25, 0.3) is 0 Å². The summed E-state index contributed by atoms with van der Waals surface area (Å²) in [4.78, 5) is 0. The Morgan fingerprint density at radius 3 is 2.75 bits per heavy atom. The predicted molar refractivity (Wildman–Crippen MR) is 71.0 cm³/mol. The highest BCUT2D eigenvalue weighted by Crippen LogP contribution is 2.34. The van der Waals surface area contributed by atoms with Gasteiger partial charge in [0.15, 0.2) is 0 Å². The summed E-state index contributed by atoms with van der Waals surface area (Å²) in [6.07, 6.45) is 4.95. The first kappa shape index (κ1) is 12.0. The monoisotopic (exact) mass is 236 g/mol. The minimum absolute atomic E-state index is 0.385. The van der Waals surface area contributed by atoms with Gasteiger partial charge in [-0.3, -0.25) is 0 Å². The summed E-state index contributed by atoms with van der Waals surface area (Å²) in [6, 6.07) is 8.70. The van der Waals surface area contributed by atoms with Crippen LogP contribution < -0.4 is 0 Å². The van der Waals surface area contributed by atoms with Gasteiger partial charge in [0.2, 0.25) is 0 Å². The Labute approximate surface area is 104 Å². The van der Waals surface area contributed by atoms with E-state index in [4.69, 9.17) is 11.6 Å². The van der Waals surface area contributed by atoms with E-state index in [-0.39, 0.29) is 0 Å². The molecule has 2 rings (SSSR count). The molecule has 0 bridgehead atoms. The molecule has 3 unspecified atom stereocenters. The molecule has 1 saturated carbocycles. The van der Waals surface area contributed by atoms with Crippen LogP contribution in [-0.4, -0.2) is 5.38 Å². The van der Waals surface area contributed by atoms with E-state index in [0.717, 1.165) is 12.3 Å². The van der Waals surface area contributed by atoms with Crippen LogP contribution in [0.2, 0.25) is 0 Å². The maximum Gasteiger partial charge on any atom is 0.0367 e. The zero-order valence-corrected chi connectivity index (χ0v) is 11.0. The van der Waals surface area contributed by atoms with Crippen LogP contribution in [0.1, 0.15) is 37.3 Å². The zero-order valence-electron chi connectivity index (χ0n) is 10.2. The Bertz CT molecular complexity index is 345. The normalized spacial score (nSPS) is 30.3. The second-order valence-electron chi connectivity index (χ2n) is 5.32. The average molecular weight is 237 g/mol. The van der Waals surface area contributed by atoms with Crippen molar-refractivity contribution >= 4 is 11.6 Å².